The number of likely N-dealkylation sites (N-methyl/N-ethyl adjacent to an activating group) is 1. The summed E-state index contributed by atoms with van der Waals surface area (Å²) in [6.45, 7) is 1.67. The highest BCUT2D eigenvalue weighted by Crippen LogP contribution is 2.28. The number of methoxy groups -OCH3 is 1. The van der Waals surface area contributed by atoms with Crippen LogP contribution in [-0.2, 0) is 14.6 Å². The first-order chi connectivity index (χ1) is 10.3. The summed E-state index contributed by atoms with van der Waals surface area (Å²) in [4.78, 5) is 13.7. The van der Waals surface area contributed by atoms with Gasteiger partial charge in [-0.25, -0.2) is 8.42 Å². The van der Waals surface area contributed by atoms with Gasteiger partial charge in [0.25, 0.3) is 5.91 Å². The van der Waals surface area contributed by atoms with Gasteiger partial charge in [0.1, 0.15) is 11.5 Å². The fourth-order valence-electron chi connectivity index (χ4n) is 2.47. The molecule has 1 aromatic rings. The molecule has 0 spiro atoms. The predicted octanol–water partition coefficient (Wildman–Crippen LogP) is 1.11. The molecule has 1 aromatic carbocycles. The number of hydrogen-bond donors (Lipinski definition) is 0. The second-order valence-corrected chi connectivity index (χ2v) is 7.94. The highest BCUT2D eigenvalue weighted by atomic mass is 32.2. The number of amides is 1. The van der Waals surface area contributed by atoms with Crippen molar-refractivity contribution in [2.24, 2.45) is 0 Å². The summed E-state index contributed by atoms with van der Waals surface area (Å²) in [5, 5.41) is 0. The van der Waals surface area contributed by atoms with Crippen molar-refractivity contribution in [3.05, 3.63) is 24.3 Å². The third kappa shape index (κ3) is 3.71. The molecule has 0 radical (unpaired) electrons. The number of carbonyl (C=O) groups excluding carboxylic acids is 1. The number of hydrogen-bond acceptors (Lipinski definition) is 5. The molecule has 22 heavy (non-hydrogen) atoms. The van der Waals surface area contributed by atoms with E-state index in [1.54, 1.807) is 45.3 Å². The summed E-state index contributed by atoms with van der Waals surface area (Å²) in [7, 11) is 0.144. The van der Waals surface area contributed by atoms with Crippen molar-refractivity contribution in [3.8, 4) is 11.5 Å². The summed E-state index contributed by atoms with van der Waals surface area (Å²) < 4.78 is 33.8. The Bertz CT molecular complexity index is 640. The van der Waals surface area contributed by atoms with E-state index in [1.165, 1.54) is 4.90 Å². The van der Waals surface area contributed by atoms with E-state index < -0.39 is 15.4 Å². The molecule has 0 N–H and O–H groups in total. The molecular formula is C15H21NO5S. The zero-order valence-electron chi connectivity index (χ0n) is 13.0. The van der Waals surface area contributed by atoms with Gasteiger partial charge < -0.3 is 14.4 Å². The van der Waals surface area contributed by atoms with E-state index >= 15 is 0 Å². The summed E-state index contributed by atoms with van der Waals surface area (Å²) in [5.74, 6) is 1.16. The van der Waals surface area contributed by atoms with Gasteiger partial charge in [-0.2, -0.15) is 0 Å². The zero-order chi connectivity index (χ0) is 16.4. The topological polar surface area (TPSA) is 72.9 Å². The van der Waals surface area contributed by atoms with Gasteiger partial charge in [-0.05, 0) is 37.6 Å². The quantitative estimate of drug-likeness (QED) is 0.810. The van der Waals surface area contributed by atoms with Crippen LogP contribution in [0.2, 0.25) is 0 Å². The van der Waals surface area contributed by atoms with E-state index in [0.29, 0.717) is 17.9 Å². The summed E-state index contributed by atoms with van der Waals surface area (Å²) in [6, 6.07) is 6.92. The molecule has 0 saturated carbocycles. The second-order valence-electron chi connectivity index (χ2n) is 5.76. The van der Waals surface area contributed by atoms with Crippen LogP contribution in [0.3, 0.4) is 0 Å². The Balaban J connectivity index is 1.94. The molecule has 6 nitrogen and oxygen atoms in total. The number of benzene rings is 1. The average Bonchev–Trinajstić information content (AvgIpc) is 2.79. The molecule has 122 valence electrons. The van der Waals surface area contributed by atoms with Crippen molar-refractivity contribution in [3.63, 3.8) is 0 Å². The van der Waals surface area contributed by atoms with Crippen molar-refractivity contribution in [1.82, 2.24) is 4.90 Å². The largest absolute Gasteiger partial charge is 0.497 e. The molecule has 1 amide bonds. The standard InChI is InChI=1S/C15H21NO5S/c1-15(8-9-22(18,19)11-15)16(2)14(17)10-21-13-6-4-12(20-3)5-7-13/h4-7H,8-11H2,1-3H3/t15-/m0/s1. The van der Waals surface area contributed by atoms with Crippen LogP contribution in [0, 0.1) is 0 Å². The van der Waals surface area contributed by atoms with E-state index in [0.717, 1.165) is 0 Å². The minimum Gasteiger partial charge on any atom is -0.497 e. The fourth-order valence-corrected chi connectivity index (χ4v) is 4.65. The molecule has 1 saturated heterocycles. The van der Waals surface area contributed by atoms with Crippen molar-refractivity contribution < 1.29 is 22.7 Å². The molecule has 1 aliphatic heterocycles. The Morgan fingerprint density at radius 1 is 1.27 bits per heavy atom. The number of nitrogens with zero attached hydrogens (tertiary/aromatic N) is 1. The number of ether oxygens (including phenoxy) is 2. The molecule has 2 rings (SSSR count). The highest BCUT2D eigenvalue weighted by Gasteiger charge is 2.43. The minimum atomic E-state index is -3.06. The Morgan fingerprint density at radius 3 is 2.36 bits per heavy atom. The van der Waals surface area contributed by atoms with Gasteiger partial charge in [-0.1, -0.05) is 0 Å². The molecule has 1 atom stereocenters. The normalized spacial score (nSPS) is 23.0. The molecule has 7 heteroatoms. The summed E-state index contributed by atoms with van der Waals surface area (Å²) >= 11 is 0. The van der Waals surface area contributed by atoms with Gasteiger partial charge in [0.15, 0.2) is 16.4 Å². The van der Waals surface area contributed by atoms with Gasteiger partial charge in [-0.3, -0.25) is 4.79 Å². The minimum absolute atomic E-state index is 0.00474. The number of sulfone groups is 1. The molecule has 1 heterocycles. The van der Waals surface area contributed by atoms with E-state index in [2.05, 4.69) is 0 Å². The van der Waals surface area contributed by atoms with Crippen molar-refractivity contribution in [2.45, 2.75) is 18.9 Å². The molecule has 0 unspecified atom stereocenters. The molecule has 0 aliphatic carbocycles. The Morgan fingerprint density at radius 2 is 1.86 bits per heavy atom. The molecule has 1 fully saturated rings. The van der Waals surface area contributed by atoms with Gasteiger partial charge in [0.2, 0.25) is 0 Å². The van der Waals surface area contributed by atoms with E-state index in [1.807, 2.05) is 0 Å². The lowest BCUT2D eigenvalue weighted by Gasteiger charge is -2.34. The summed E-state index contributed by atoms with van der Waals surface area (Å²) in [6.07, 6.45) is 0.458. The van der Waals surface area contributed by atoms with Crippen LogP contribution < -0.4 is 9.47 Å². The fraction of sp³-hybridized carbons (Fsp3) is 0.533. The first-order valence-corrected chi connectivity index (χ1v) is 8.82. The lowest BCUT2D eigenvalue weighted by atomic mass is 10.00. The molecule has 1 aliphatic rings. The Labute approximate surface area is 130 Å². The maximum absolute atomic E-state index is 12.2. The SMILES string of the molecule is COc1ccc(OCC(=O)N(C)[C@@]2(C)CCS(=O)(=O)C2)cc1. The van der Waals surface area contributed by atoms with Crippen LogP contribution in [-0.4, -0.2) is 57.0 Å². The smallest absolute Gasteiger partial charge is 0.260 e. The summed E-state index contributed by atoms with van der Waals surface area (Å²) in [5.41, 5.74) is -0.654. The van der Waals surface area contributed by atoms with E-state index in [-0.39, 0.29) is 24.0 Å². The van der Waals surface area contributed by atoms with Crippen LogP contribution in [0.25, 0.3) is 0 Å². The van der Waals surface area contributed by atoms with Gasteiger partial charge in [0, 0.05) is 7.05 Å². The van der Waals surface area contributed by atoms with Gasteiger partial charge in [-0.15, -0.1) is 0 Å². The lowest BCUT2D eigenvalue weighted by Crippen LogP contribution is -2.49. The third-order valence-electron chi connectivity index (χ3n) is 4.09. The van der Waals surface area contributed by atoms with Gasteiger partial charge in [0.05, 0.1) is 24.2 Å². The molecule has 0 bridgehead atoms. The average molecular weight is 327 g/mol. The molecular weight excluding hydrogens is 306 g/mol. The number of carbonyl (C=O) groups is 1. The van der Waals surface area contributed by atoms with Crippen LogP contribution in [0.4, 0.5) is 0 Å². The maximum atomic E-state index is 12.2. The first-order valence-electron chi connectivity index (χ1n) is 7.00. The third-order valence-corrected chi connectivity index (χ3v) is 5.98. The number of rotatable bonds is 5. The predicted molar refractivity (Wildman–Crippen MR) is 82.9 cm³/mol. The zero-order valence-corrected chi connectivity index (χ0v) is 13.9. The van der Waals surface area contributed by atoms with Crippen LogP contribution >= 0.6 is 0 Å². The van der Waals surface area contributed by atoms with Gasteiger partial charge >= 0.3 is 0 Å². The van der Waals surface area contributed by atoms with Crippen LogP contribution in [0.15, 0.2) is 24.3 Å². The Kier molecular flexibility index (Phi) is 4.65. The maximum Gasteiger partial charge on any atom is 0.260 e. The lowest BCUT2D eigenvalue weighted by molar-refractivity contribution is -0.136. The van der Waals surface area contributed by atoms with E-state index in [4.69, 9.17) is 9.47 Å². The van der Waals surface area contributed by atoms with Crippen LogP contribution in [0.1, 0.15) is 13.3 Å². The highest BCUT2D eigenvalue weighted by molar-refractivity contribution is 7.91. The first kappa shape index (κ1) is 16.6. The second kappa shape index (κ2) is 6.16. The monoisotopic (exact) mass is 327 g/mol. The van der Waals surface area contributed by atoms with Crippen molar-refractivity contribution in [2.75, 3.05) is 32.3 Å². The van der Waals surface area contributed by atoms with Crippen LogP contribution in [0.5, 0.6) is 11.5 Å². The van der Waals surface area contributed by atoms with E-state index in [9.17, 15) is 13.2 Å². The Hall–Kier alpha value is -1.76. The van der Waals surface area contributed by atoms with Crippen molar-refractivity contribution >= 4 is 15.7 Å². The molecule has 0 aromatic heterocycles. The van der Waals surface area contributed by atoms with Crippen molar-refractivity contribution in [1.29, 1.82) is 0 Å².